The Bertz CT molecular complexity index is 2030. The Morgan fingerprint density at radius 2 is 0.867 bits per heavy atom. The molecule has 0 aliphatic heterocycles. The molecule has 0 amide bonds. The van der Waals surface area contributed by atoms with E-state index in [1.54, 1.807) is 164 Å². The van der Waals surface area contributed by atoms with Crippen LogP contribution in [0.25, 0.3) is 0 Å². The fourth-order valence-corrected chi connectivity index (χ4v) is 7.57. The summed E-state index contributed by atoms with van der Waals surface area (Å²) in [6, 6.07) is 49.3. The lowest BCUT2D eigenvalue weighted by atomic mass is 9.79. The lowest BCUT2D eigenvalue weighted by Crippen LogP contribution is -2.63. The normalized spacial score (nSPS) is 14.2. The van der Waals surface area contributed by atoms with Gasteiger partial charge in [-0.15, -0.1) is 0 Å². The van der Waals surface area contributed by atoms with Crippen molar-refractivity contribution in [2.75, 3.05) is 34.0 Å². The Balaban J connectivity index is 1.46. The molecule has 6 aromatic rings. The average molecular weight is 823 g/mol. The highest BCUT2D eigenvalue weighted by Crippen LogP contribution is 2.46. The van der Waals surface area contributed by atoms with Crippen LogP contribution in [-0.2, 0) is 25.4 Å². The zero-order chi connectivity index (χ0) is 42.6. The van der Waals surface area contributed by atoms with Crippen molar-refractivity contribution in [3.63, 3.8) is 0 Å². The zero-order valence-electron chi connectivity index (χ0n) is 33.9. The molecule has 0 saturated carbocycles. The highest BCUT2D eigenvalue weighted by atomic mass is 19.4. The predicted octanol–water partition coefficient (Wildman–Crippen LogP) is 10.8. The average Bonchev–Trinajstić information content (AvgIpc) is 3.29. The first-order valence-corrected chi connectivity index (χ1v) is 19.9. The summed E-state index contributed by atoms with van der Waals surface area (Å²) >= 11 is 0. The van der Waals surface area contributed by atoms with Crippen LogP contribution in [0.3, 0.4) is 0 Å². The van der Waals surface area contributed by atoms with Crippen LogP contribution in [0.5, 0.6) is 11.5 Å². The minimum absolute atomic E-state index is 0.262. The van der Waals surface area contributed by atoms with Crippen molar-refractivity contribution in [3.05, 3.63) is 203 Å². The first-order valence-electron chi connectivity index (χ1n) is 19.9. The molecule has 0 fully saturated rings. The monoisotopic (exact) mass is 822 g/mol. The molecule has 10 heteroatoms. The van der Waals surface area contributed by atoms with E-state index < -0.39 is 48.5 Å². The van der Waals surface area contributed by atoms with Crippen LogP contribution in [-0.4, -0.2) is 63.2 Å². The third-order valence-corrected chi connectivity index (χ3v) is 10.8. The molecule has 6 nitrogen and oxygen atoms in total. The van der Waals surface area contributed by atoms with E-state index >= 15 is 17.6 Å². The molecule has 0 heterocycles. The van der Waals surface area contributed by atoms with Gasteiger partial charge in [-0.05, 0) is 64.1 Å². The van der Waals surface area contributed by atoms with E-state index in [1.165, 1.54) is 14.2 Å². The van der Waals surface area contributed by atoms with Gasteiger partial charge in [-0.25, -0.2) is 4.39 Å². The van der Waals surface area contributed by atoms with Gasteiger partial charge in [0, 0.05) is 6.61 Å². The molecule has 6 rings (SSSR count). The largest absolute Gasteiger partial charge is 0.497 e. The number of benzene rings is 6. The van der Waals surface area contributed by atoms with Crippen LogP contribution in [0.15, 0.2) is 170 Å². The maximum absolute atomic E-state index is 17.4. The summed E-state index contributed by atoms with van der Waals surface area (Å²) in [5.41, 5.74) is -3.93. The number of rotatable bonds is 20. The third-order valence-electron chi connectivity index (χ3n) is 10.8. The summed E-state index contributed by atoms with van der Waals surface area (Å²) in [7, 11) is 3.06. The standard InChI is InChI=1S/C50H50F4O6/c1-4-5-34-58-46(45(51)35-59-48(37-18-10-6-11-19-37,41-26-30-43(56-2)31-27-41)42-28-32-44(57-3)33-29-42)47(55,50(52,53)54)36-60-49(38-20-12-7-13-21-38,39-22-14-8-15-23-39)40-24-16-9-17-25-40/h6-33,45-46,55H,4-5,34-36H2,1-3H3/t45-,46-,47?/m0/s1. The second kappa shape index (κ2) is 19.7. The molecule has 314 valence electrons. The molecule has 0 bridgehead atoms. The molecule has 0 spiro atoms. The van der Waals surface area contributed by atoms with Gasteiger partial charge in [0.15, 0.2) is 6.17 Å². The fraction of sp³-hybridized carbons (Fsp3) is 0.280. The van der Waals surface area contributed by atoms with Gasteiger partial charge in [-0.3, -0.25) is 0 Å². The second-order valence-corrected chi connectivity index (χ2v) is 14.5. The summed E-state index contributed by atoms with van der Waals surface area (Å²) in [4.78, 5) is 0. The topological polar surface area (TPSA) is 66.4 Å². The van der Waals surface area contributed by atoms with Crippen molar-refractivity contribution in [1.29, 1.82) is 0 Å². The molecular weight excluding hydrogens is 773 g/mol. The lowest BCUT2D eigenvalue weighted by molar-refractivity contribution is -0.324. The van der Waals surface area contributed by atoms with Crippen molar-refractivity contribution < 1.29 is 46.4 Å². The van der Waals surface area contributed by atoms with Crippen LogP contribution in [0.4, 0.5) is 17.6 Å². The first kappa shape index (κ1) is 44.0. The maximum Gasteiger partial charge on any atom is 0.422 e. The number of methoxy groups -OCH3 is 2. The number of hydrogen-bond donors (Lipinski definition) is 1. The van der Waals surface area contributed by atoms with Crippen molar-refractivity contribution in [1.82, 2.24) is 0 Å². The van der Waals surface area contributed by atoms with Crippen molar-refractivity contribution in [2.24, 2.45) is 0 Å². The summed E-state index contributed by atoms with van der Waals surface area (Å²) in [6.45, 7) is -0.752. The van der Waals surface area contributed by atoms with Gasteiger partial charge in [-0.2, -0.15) is 13.2 Å². The molecule has 3 atom stereocenters. The van der Waals surface area contributed by atoms with Crippen LogP contribution in [0, 0.1) is 0 Å². The van der Waals surface area contributed by atoms with Crippen molar-refractivity contribution >= 4 is 0 Å². The highest BCUT2D eigenvalue weighted by Gasteiger charge is 2.63. The number of unbranched alkanes of at least 4 members (excludes halogenated alkanes) is 1. The molecule has 0 aromatic heterocycles. The van der Waals surface area contributed by atoms with Crippen molar-refractivity contribution in [3.8, 4) is 11.5 Å². The summed E-state index contributed by atoms with van der Waals surface area (Å²) < 4.78 is 94.6. The molecule has 0 aliphatic carbocycles. The fourth-order valence-electron chi connectivity index (χ4n) is 7.57. The van der Waals surface area contributed by atoms with Gasteiger partial charge in [-0.1, -0.05) is 159 Å². The molecular formula is C50H50F4O6. The van der Waals surface area contributed by atoms with Gasteiger partial charge in [0.05, 0.1) is 27.4 Å². The Morgan fingerprint density at radius 1 is 0.517 bits per heavy atom. The summed E-state index contributed by atoms with van der Waals surface area (Å²) in [6.07, 6.45) is -9.59. The van der Waals surface area contributed by atoms with E-state index in [9.17, 15) is 5.11 Å². The number of aliphatic hydroxyl groups is 1. The summed E-state index contributed by atoms with van der Waals surface area (Å²) in [5.74, 6) is 1.10. The Labute approximate surface area is 349 Å². The van der Waals surface area contributed by atoms with E-state index in [1.807, 2.05) is 13.0 Å². The summed E-state index contributed by atoms with van der Waals surface area (Å²) in [5, 5.41) is 12.2. The Kier molecular flexibility index (Phi) is 14.5. The number of ether oxygens (including phenoxy) is 5. The van der Waals surface area contributed by atoms with E-state index in [4.69, 9.17) is 23.7 Å². The zero-order valence-corrected chi connectivity index (χ0v) is 33.9. The Hall–Kier alpha value is -5.52. The minimum atomic E-state index is -5.44. The molecule has 0 aliphatic rings. The van der Waals surface area contributed by atoms with E-state index in [-0.39, 0.29) is 6.61 Å². The molecule has 0 radical (unpaired) electrons. The number of alkyl halides is 4. The molecule has 6 aromatic carbocycles. The third kappa shape index (κ3) is 9.12. The van der Waals surface area contributed by atoms with Crippen molar-refractivity contribution in [2.45, 2.75) is 55.0 Å². The smallest absolute Gasteiger partial charge is 0.422 e. The van der Waals surface area contributed by atoms with Gasteiger partial charge in [0.25, 0.3) is 0 Å². The minimum Gasteiger partial charge on any atom is -0.497 e. The van der Waals surface area contributed by atoms with E-state index in [0.717, 1.165) is 0 Å². The molecule has 1 N–H and O–H groups in total. The van der Waals surface area contributed by atoms with Gasteiger partial charge in [0.2, 0.25) is 5.60 Å². The predicted molar refractivity (Wildman–Crippen MR) is 224 cm³/mol. The maximum atomic E-state index is 17.4. The highest BCUT2D eigenvalue weighted by molar-refractivity contribution is 5.50. The van der Waals surface area contributed by atoms with Crippen LogP contribution < -0.4 is 9.47 Å². The molecule has 1 unspecified atom stereocenters. The van der Waals surface area contributed by atoms with Gasteiger partial charge >= 0.3 is 6.18 Å². The van der Waals surface area contributed by atoms with Gasteiger partial charge < -0.3 is 28.8 Å². The van der Waals surface area contributed by atoms with Gasteiger partial charge in [0.1, 0.15) is 28.8 Å². The SMILES string of the molecule is CCCCO[C@@H]([C@@H](F)COC(c1ccccc1)(c1ccc(OC)cc1)c1ccc(OC)cc1)C(O)(COC(c1ccccc1)(c1ccccc1)c1ccccc1)C(F)(F)F. The van der Waals surface area contributed by atoms with Crippen LogP contribution >= 0.6 is 0 Å². The number of halogens is 4. The van der Waals surface area contributed by atoms with Crippen LogP contribution in [0.2, 0.25) is 0 Å². The van der Waals surface area contributed by atoms with E-state index in [0.29, 0.717) is 57.7 Å². The first-order chi connectivity index (χ1) is 29.0. The lowest BCUT2D eigenvalue weighted by Gasteiger charge is -2.43. The number of hydrogen-bond acceptors (Lipinski definition) is 6. The van der Waals surface area contributed by atoms with Crippen LogP contribution in [0.1, 0.15) is 53.1 Å². The Morgan fingerprint density at radius 3 is 1.20 bits per heavy atom. The quantitative estimate of drug-likeness (QED) is 0.0470. The van der Waals surface area contributed by atoms with E-state index in [2.05, 4.69) is 0 Å². The second-order valence-electron chi connectivity index (χ2n) is 14.5. The molecule has 60 heavy (non-hydrogen) atoms. The molecule has 0 saturated heterocycles.